The Hall–Kier alpha value is -2.95. The largest absolute Gasteiger partial charge is 0.497 e. The van der Waals surface area contributed by atoms with E-state index in [1.54, 1.807) is 31.4 Å². The number of para-hydroxylation sites is 1. The Balaban J connectivity index is 1.56. The topological polar surface area (TPSA) is 94.1 Å². The minimum absolute atomic E-state index is 0.111. The van der Waals surface area contributed by atoms with Crippen LogP contribution in [0.5, 0.6) is 11.8 Å². The number of ether oxygens (including phenoxy) is 1. The number of hydrogen-bond donors (Lipinski definition) is 0. The van der Waals surface area contributed by atoms with E-state index < -0.39 is 10.0 Å². The molecule has 0 N–H and O–H groups in total. The Morgan fingerprint density at radius 2 is 1.60 bits per heavy atom. The minimum Gasteiger partial charge on any atom is -0.497 e. The Morgan fingerprint density at radius 3 is 2.27 bits per heavy atom. The first-order chi connectivity index (χ1) is 14.5. The van der Waals surface area contributed by atoms with Crippen molar-refractivity contribution in [3.05, 3.63) is 48.5 Å². The van der Waals surface area contributed by atoms with Gasteiger partial charge in [0.05, 0.1) is 24.6 Å². The SMILES string of the molecule is COOc1nc(N2CCN(S(=O)(=O)c3ccc(OC)cc3)CC2)c2ccccc2n1. The number of fused-ring (bicyclic) bond motifs is 1. The Kier molecular flexibility index (Phi) is 5.71. The van der Waals surface area contributed by atoms with Crippen LogP contribution in [0.25, 0.3) is 10.9 Å². The van der Waals surface area contributed by atoms with E-state index in [0.29, 0.717) is 37.7 Å². The van der Waals surface area contributed by atoms with Gasteiger partial charge in [-0.25, -0.2) is 8.42 Å². The molecule has 1 saturated heterocycles. The van der Waals surface area contributed by atoms with Crippen molar-refractivity contribution < 1.29 is 22.9 Å². The molecule has 2 heterocycles. The first-order valence-electron chi connectivity index (χ1n) is 9.39. The average molecular weight is 430 g/mol. The van der Waals surface area contributed by atoms with Crippen molar-refractivity contribution in [2.75, 3.05) is 45.3 Å². The van der Waals surface area contributed by atoms with E-state index in [1.807, 2.05) is 29.2 Å². The zero-order valence-corrected chi connectivity index (χ0v) is 17.5. The number of methoxy groups -OCH3 is 1. The molecule has 9 nitrogen and oxygen atoms in total. The van der Waals surface area contributed by atoms with Crippen LogP contribution in [0.15, 0.2) is 53.4 Å². The van der Waals surface area contributed by atoms with E-state index in [0.717, 1.165) is 10.9 Å². The fourth-order valence-corrected chi connectivity index (χ4v) is 4.85. The number of hydrogen-bond acceptors (Lipinski definition) is 8. The second kappa shape index (κ2) is 8.42. The first kappa shape index (κ1) is 20.3. The van der Waals surface area contributed by atoms with Gasteiger partial charge in [-0.15, -0.1) is 0 Å². The van der Waals surface area contributed by atoms with Crippen LogP contribution >= 0.6 is 0 Å². The normalized spacial score (nSPS) is 15.3. The quantitative estimate of drug-likeness (QED) is 0.433. The molecule has 0 spiro atoms. The molecular formula is C20H22N4O5S. The van der Waals surface area contributed by atoms with Crippen LogP contribution < -0.4 is 14.5 Å². The van der Waals surface area contributed by atoms with E-state index in [4.69, 9.17) is 14.5 Å². The van der Waals surface area contributed by atoms with Crippen molar-refractivity contribution in [3.63, 3.8) is 0 Å². The Labute approximate surface area is 174 Å². The van der Waals surface area contributed by atoms with E-state index in [9.17, 15) is 8.42 Å². The summed E-state index contributed by atoms with van der Waals surface area (Å²) in [7, 11) is -0.644. The molecule has 4 rings (SSSR count). The highest BCUT2D eigenvalue weighted by Gasteiger charge is 2.30. The number of aromatic nitrogens is 2. The van der Waals surface area contributed by atoms with Crippen LogP contribution in [0.1, 0.15) is 0 Å². The highest BCUT2D eigenvalue weighted by Crippen LogP contribution is 2.28. The van der Waals surface area contributed by atoms with Crippen LogP contribution in [0.3, 0.4) is 0 Å². The van der Waals surface area contributed by atoms with Crippen LogP contribution in [-0.4, -0.2) is 63.1 Å². The van der Waals surface area contributed by atoms with Crippen molar-refractivity contribution in [1.29, 1.82) is 0 Å². The van der Waals surface area contributed by atoms with Crippen LogP contribution in [-0.2, 0) is 14.9 Å². The third kappa shape index (κ3) is 3.89. The van der Waals surface area contributed by atoms with E-state index >= 15 is 0 Å². The molecule has 0 bridgehead atoms. The zero-order chi connectivity index (χ0) is 21.1. The summed E-state index contributed by atoms with van der Waals surface area (Å²) in [5.74, 6) is 1.30. The maximum Gasteiger partial charge on any atom is 0.355 e. The summed E-state index contributed by atoms with van der Waals surface area (Å²) in [5, 5.41) is 0.868. The molecular weight excluding hydrogens is 408 g/mol. The van der Waals surface area contributed by atoms with Gasteiger partial charge in [-0.1, -0.05) is 12.1 Å². The van der Waals surface area contributed by atoms with Gasteiger partial charge in [0, 0.05) is 31.6 Å². The van der Waals surface area contributed by atoms with Gasteiger partial charge in [0.25, 0.3) is 0 Å². The van der Waals surface area contributed by atoms with Crippen molar-refractivity contribution >= 4 is 26.7 Å². The molecule has 1 aromatic heterocycles. The summed E-state index contributed by atoms with van der Waals surface area (Å²) in [4.78, 5) is 20.8. The lowest BCUT2D eigenvalue weighted by Crippen LogP contribution is -2.49. The fraction of sp³-hybridized carbons (Fsp3) is 0.300. The van der Waals surface area contributed by atoms with Gasteiger partial charge < -0.3 is 9.64 Å². The van der Waals surface area contributed by atoms with Crippen LogP contribution in [0.2, 0.25) is 0 Å². The second-order valence-electron chi connectivity index (χ2n) is 6.66. The van der Waals surface area contributed by atoms with Gasteiger partial charge in [0.2, 0.25) is 10.0 Å². The van der Waals surface area contributed by atoms with Gasteiger partial charge in [0.15, 0.2) is 0 Å². The maximum atomic E-state index is 13.0. The predicted octanol–water partition coefficient (Wildman–Crippen LogP) is 2.09. The summed E-state index contributed by atoms with van der Waals surface area (Å²) in [6.45, 7) is 1.66. The number of sulfonamides is 1. The van der Waals surface area contributed by atoms with E-state index in [2.05, 4.69) is 9.97 Å². The molecule has 0 radical (unpaired) electrons. The summed E-state index contributed by atoms with van der Waals surface area (Å²) in [6, 6.07) is 14.1. The molecule has 0 saturated carbocycles. The Bertz CT molecular complexity index is 1130. The molecule has 1 aliphatic rings. The first-order valence-corrected chi connectivity index (χ1v) is 10.8. The van der Waals surface area contributed by atoms with Gasteiger partial charge in [-0.2, -0.15) is 19.2 Å². The number of nitrogens with zero attached hydrogens (tertiary/aromatic N) is 4. The predicted molar refractivity (Wildman–Crippen MR) is 111 cm³/mol. The van der Waals surface area contributed by atoms with E-state index in [-0.39, 0.29) is 10.9 Å². The molecule has 2 aromatic carbocycles. The molecule has 0 unspecified atom stereocenters. The summed E-state index contributed by atoms with van der Waals surface area (Å²) >= 11 is 0. The van der Waals surface area contributed by atoms with Gasteiger partial charge in [0.1, 0.15) is 11.6 Å². The standard InChI is InChI=1S/C20H22N4O5S/c1-27-15-7-9-16(10-8-15)30(25,26)24-13-11-23(12-14-24)19-17-5-3-4-6-18(17)21-20(22-19)29-28-2/h3-10H,11-14H2,1-2H3. The van der Waals surface area contributed by atoms with Crippen LogP contribution in [0.4, 0.5) is 5.82 Å². The summed E-state index contributed by atoms with van der Waals surface area (Å²) < 4.78 is 32.6. The molecule has 158 valence electrons. The third-order valence-electron chi connectivity index (χ3n) is 4.96. The molecule has 1 fully saturated rings. The van der Waals surface area contributed by atoms with Gasteiger partial charge in [-0.05, 0) is 36.4 Å². The number of anilines is 1. The Morgan fingerprint density at radius 1 is 0.900 bits per heavy atom. The van der Waals surface area contributed by atoms with Crippen LogP contribution in [0, 0.1) is 0 Å². The summed E-state index contributed by atoms with van der Waals surface area (Å²) in [6.07, 6.45) is 0. The molecule has 30 heavy (non-hydrogen) atoms. The number of piperazine rings is 1. The fourth-order valence-electron chi connectivity index (χ4n) is 3.43. The average Bonchev–Trinajstić information content (AvgIpc) is 2.79. The smallest absolute Gasteiger partial charge is 0.355 e. The molecule has 0 aliphatic carbocycles. The van der Waals surface area contributed by atoms with E-state index in [1.165, 1.54) is 11.4 Å². The maximum absolute atomic E-state index is 13.0. The molecule has 3 aromatic rings. The zero-order valence-electron chi connectivity index (χ0n) is 16.7. The van der Waals surface area contributed by atoms with Gasteiger partial charge >= 0.3 is 6.01 Å². The monoisotopic (exact) mass is 430 g/mol. The van der Waals surface area contributed by atoms with Gasteiger partial charge in [-0.3, -0.25) is 4.89 Å². The third-order valence-corrected chi connectivity index (χ3v) is 6.87. The lowest BCUT2D eigenvalue weighted by atomic mass is 10.2. The highest BCUT2D eigenvalue weighted by atomic mass is 32.2. The highest BCUT2D eigenvalue weighted by molar-refractivity contribution is 7.89. The molecule has 0 atom stereocenters. The van der Waals surface area contributed by atoms with Crippen molar-refractivity contribution in [2.45, 2.75) is 4.90 Å². The molecule has 1 aliphatic heterocycles. The van der Waals surface area contributed by atoms with Crippen molar-refractivity contribution in [3.8, 4) is 11.8 Å². The second-order valence-corrected chi connectivity index (χ2v) is 8.60. The lowest BCUT2D eigenvalue weighted by Gasteiger charge is -2.35. The molecule has 10 heteroatoms. The lowest BCUT2D eigenvalue weighted by molar-refractivity contribution is -0.184. The van der Waals surface area contributed by atoms with Crippen molar-refractivity contribution in [2.24, 2.45) is 0 Å². The summed E-state index contributed by atoms with van der Waals surface area (Å²) in [5.41, 5.74) is 0.725. The minimum atomic E-state index is -3.58. The number of rotatable bonds is 6. The molecule has 0 amide bonds. The number of benzene rings is 2. The van der Waals surface area contributed by atoms with Crippen molar-refractivity contribution in [1.82, 2.24) is 14.3 Å².